The van der Waals surface area contributed by atoms with Crippen molar-refractivity contribution in [1.29, 1.82) is 0 Å². The van der Waals surface area contributed by atoms with E-state index in [1.807, 2.05) is 30.3 Å². The number of anilines is 1. The molecular weight excluding hydrogens is 398 g/mol. The summed E-state index contributed by atoms with van der Waals surface area (Å²) in [6.45, 7) is 0.213. The number of rotatable bonds is 6. The van der Waals surface area contributed by atoms with Crippen LogP contribution in [0.4, 0.5) is 5.69 Å². The number of carbonyl (C=O) groups excluding carboxylic acids is 1. The van der Waals surface area contributed by atoms with Gasteiger partial charge in [-0.1, -0.05) is 41.9 Å². The van der Waals surface area contributed by atoms with Gasteiger partial charge in [0.25, 0.3) is 5.91 Å². The minimum absolute atomic E-state index is 0.00444. The number of aromatic nitrogens is 1. The lowest BCUT2D eigenvalue weighted by Crippen LogP contribution is -2.27. The van der Waals surface area contributed by atoms with Crippen molar-refractivity contribution in [2.75, 3.05) is 12.4 Å². The SMILES string of the molecule is CN(Cc1ccccc1)S(=O)(=O)c1ccc(Cl)c(C(=O)Nc2ccncc2)c1. The maximum absolute atomic E-state index is 12.9. The molecule has 0 fully saturated rings. The summed E-state index contributed by atoms with van der Waals surface area (Å²) >= 11 is 6.14. The fourth-order valence-electron chi connectivity index (χ4n) is 2.58. The molecule has 1 heterocycles. The number of amides is 1. The maximum atomic E-state index is 12.9. The summed E-state index contributed by atoms with van der Waals surface area (Å²) in [6.07, 6.45) is 3.08. The summed E-state index contributed by atoms with van der Waals surface area (Å²) in [4.78, 5) is 16.4. The first-order valence-electron chi connectivity index (χ1n) is 8.39. The van der Waals surface area contributed by atoms with Gasteiger partial charge in [-0.2, -0.15) is 4.31 Å². The first-order valence-corrected chi connectivity index (χ1v) is 10.2. The van der Waals surface area contributed by atoms with E-state index in [-0.39, 0.29) is 22.0 Å². The van der Waals surface area contributed by atoms with Crippen LogP contribution in [0.15, 0.2) is 78.0 Å². The van der Waals surface area contributed by atoms with Gasteiger partial charge in [0, 0.05) is 31.7 Å². The molecule has 144 valence electrons. The first kappa shape index (κ1) is 20.0. The number of nitrogens with one attached hydrogen (secondary N) is 1. The minimum Gasteiger partial charge on any atom is -0.322 e. The third-order valence-corrected chi connectivity index (χ3v) is 6.21. The molecular formula is C20H18ClN3O3S. The Kier molecular flexibility index (Phi) is 6.08. The molecule has 0 spiro atoms. The molecule has 0 atom stereocenters. The number of hydrogen-bond donors (Lipinski definition) is 1. The number of benzene rings is 2. The minimum atomic E-state index is -3.80. The second-order valence-electron chi connectivity index (χ2n) is 6.08. The van der Waals surface area contributed by atoms with Gasteiger partial charge in [0.1, 0.15) is 0 Å². The zero-order valence-electron chi connectivity index (χ0n) is 15.0. The molecule has 2 aromatic carbocycles. The quantitative estimate of drug-likeness (QED) is 0.664. The number of carbonyl (C=O) groups is 1. The standard InChI is InChI=1S/C20H18ClN3O3S/c1-24(14-15-5-3-2-4-6-15)28(26,27)17-7-8-19(21)18(13-17)20(25)23-16-9-11-22-12-10-16/h2-13H,14H2,1H3,(H,22,23,25). The van der Waals surface area contributed by atoms with E-state index >= 15 is 0 Å². The Hall–Kier alpha value is -2.74. The van der Waals surface area contributed by atoms with Crippen LogP contribution >= 0.6 is 11.6 Å². The van der Waals surface area contributed by atoms with Crippen LogP contribution in [0.5, 0.6) is 0 Å². The summed E-state index contributed by atoms with van der Waals surface area (Å²) in [7, 11) is -2.30. The van der Waals surface area contributed by atoms with Crippen molar-refractivity contribution in [3.8, 4) is 0 Å². The molecule has 1 amide bonds. The molecule has 0 bridgehead atoms. The molecule has 28 heavy (non-hydrogen) atoms. The Morgan fingerprint density at radius 1 is 1.07 bits per heavy atom. The second-order valence-corrected chi connectivity index (χ2v) is 8.53. The van der Waals surface area contributed by atoms with Crippen LogP contribution in [0.2, 0.25) is 5.02 Å². The predicted molar refractivity (Wildman–Crippen MR) is 109 cm³/mol. The second kappa shape index (κ2) is 8.52. The largest absolute Gasteiger partial charge is 0.322 e. The molecule has 1 aromatic heterocycles. The molecule has 0 saturated heterocycles. The van der Waals surface area contributed by atoms with Crippen LogP contribution in [-0.4, -0.2) is 30.7 Å². The number of halogens is 1. The molecule has 8 heteroatoms. The average molecular weight is 416 g/mol. The molecule has 0 aliphatic heterocycles. The molecule has 3 rings (SSSR count). The van der Waals surface area contributed by atoms with E-state index < -0.39 is 15.9 Å². The smallest absolute Gasteiger partial charge is 0.257 e. The zero-order valence-corrected chi connectivity index (χ0v) is 16.6. The fourth-order valence-corrected chi connectivity index (χ4v) is 3.97. The van der Waals surface area contributed by atoms with Crippen LogP contribution < -0.4 is 5.32 Å². The molecule has 6 nitrogen and oxygen atoms in total. The van der Waals surface area contributed by atoms with Crippen molar-refractivity contribution in [3.63, 3.8) is 0 Å². The highest BCUT2D eigenvalue weighted by Crippen LogP contribution is 2.24. The van der Waals surface area contributed by atoms with Crippen LogP contribution in [0, 0.1) is 0 Å². The Labute approximate surface area is 168 Å². The van der Waals surface area contributed by atoms with Crippen molar-refractivity contribution in [2.24, 2.45) is 0 Å². The van der Waals surface area contributed by atoms with Gasteiger partial charge in [-0.25, -0.2) is 8.42 Å². The average Bonchev–Trinajstić information content (AvgIpc) is 2.69. The Morgan fingerprint density at radius 2 is 1.75 bits per heavy atom. The van der Waals surface area contributed by atoms with Gasteiger partial charge in [-0.15, -0.1) is 0 Å². The monoisotopic (exact) mass is 415 g/mol. The summed E-state index contributed by atoms with van der Waals surface area (Å²) in [6, 6.07) is 16.6. The van der Waals surface area contributed by atoms with Crippen LogP contribution in [0.25, 0.3) is 0 Å². The Morgan fingerprint density at radius 3 is 2.43 bits per heavy atom. The van der Waals surface area contributed by atoms with Crippen LogP contribution in [0.3, 0.4) is 0 Å². The number of nitrogens with zero attached hydrogens (tertiary/aromatic N) is 2. The molecule has 0 unspecified atom stereocenters. The van der Waals surface area contributed by atoms with Gasteiger partial charge in [0.2, 0.25) is 10.0 Å². The van der Waals surface area contributed by atoms with Gasteiger partial charge in [-0.05, 0) is 35.9 Å². The first-order chi connectivity index (χ1) is 13.4. The third-order valence-electron chi connectivity index (χ3n) is 4.08. The van der Waals surface area contributed by atoms with E-state index in [0.29, 0.717) is 5.69 Å². The van der Waals surface area contributed by atoms with Crippen molar-refractivity contribution in [1.82, 2.24) is 9.29 Å². The van der Waals surface area contributed by atoms with Gasteiger partial charge in [0.05, 0.1) is 15.5 Å². The molecule has 0 aliphatic carbocycles. The summed E-state index contributed by atoms with van der Waals surface area (Å²) < 4.78 is 27.1. The number of hydrogen-bond acceptors (Lipinski definition) is 4. The molecule has 0 radical (unpaired) electrons. The van der Waals surface area contributed by atoms with E-state index in [2.05, 4.69) is 10.3 Å². The topological polar surface area (TPSA) is 79.4 Å². The van der Waals surface area contributed by atoms with Gasteiger partial charge in [-0.3, -0.25) is 9.78 Å². The van der Waals surface area contributed by atoms with Gasteiger partial charge in [0.15, 0.2) is 0 Å². The van der Waals surface area contributed by atoms with Crippen LogP contribution in [-0.2, 0) is 16.6 Å². The van der Waals surface area contributed by atoms with Crippen molar-refractivity contribution in [3.05, 3.63) is 89.2 Å². The maximum Gasteiger partial charge on any atom is 0.257 e. The molecule has 0 saturated carbocycles. The lowest BCUT2D eigenvalue weighted by atomic mass is 10.2. The normalized spacial score (nSPS) is 11.4. The van der Waals surface area contributed by atoms with E-state index in [4.69, 9.17) is 11.6 Å². The van der Waals surface area contributed by atoms with E-state index in [1.54, 1.807) is 12.1 Å². The predicted octanol–water partition coefficient (Wildman–Crippen LogP) is 3.81. The molecule has 3 aromatic rings. The fraction of sp³-hybridized carbons (Fsp3) is 0.100. The summed E-state index contributed by atoms with van der Waals surface area (Å²) in [5.74, 6) is -0.501. The summed E-state index contributed by atoms with van der Waals surface area (Å²) in [5.41, 5.74) is 1.47. The highest BCUT2D eigenvalue weighted by molar-refractivity contribution is 7.89. The lowest BCUT2D eigenvalue weighted by Gasteiger charge is -2.18. The Bertz CT molecular complexity index is 1070. The highest BCUT2D eigenvalue weighted by Gasteiger charge is 2.23. The zero-order chi connectivity index (χ0) is 20.1. The highest BCUT2D eigenvalue weighted by atomic mass is 35.5. The number of pyridine rings is 1. The van der Waals surface area contributed by atoms with Crippen molar-refractivity contribution in [2.45, 2.75) is 11.4 Å². The lowest BCUT2D eigenvalue weighted by molar-refractivity contribution is 0.102. The molecule has 0 aliphatic rings. The summed E-state index contributed by atoms with van der Waals surface area (Å²) in [5, 5.41) is 2.84. The van der Waals surface area contributed by atoms with E-state index in [9.17, 15) is 13.2 Å². The van der Waals surface area contributed by atoms with Crippen LogP contribution in [0.1, 0.15) is 15.9 Å². The van der Waals surface area contributed by atoms with Crippen molar-refractivity contribution >= 4 is 33.2 Å². The van der Waals surface area contributed by atoms with E-state index in [1.165, 1.54) is 41.9 Å². The van der Waals surface area contributed by atoms with Gasteiger partial charge < -0.3 is 5.32 Å². The molecule has 1 N–H and O–H groups in total. The number of sulfonamides is 1. The van der Waals surface area contributed by atoms with E-state index in [0.717, 1.165) is 5.56 Å². The Balaban J connectivity index is 1.86. The third kappa shape index (κ3) is 4.56. The van der Waals surface area contributed by atoms with Gasteiger partial charge >= 0.3 is 0 Å². The van der Waals surface area contributed by atoms with Crippen molar-refractivity contribution < 1.29 is 13.2 Å².